The molecule has 3 rings (SSSR count). The number of thioether (sulfide) groups is 1. The van der Waals surface area contributed by atoms with E-state index in [0.717, 1.165) is 28.3 Å². The summed E-state index contributed by atoms with van der Waals surface area (Å²) >= 11 is 1.34. The molecule has 1 aromatic heterocycles. The topological polar surface area (TPSA) is 88.9 Å². The zero-order valence-electron chi connectivity index (χ0n) is 18.0. The van der Waals surface area contributed by atoms with E-state index in [2.05, 4.69) is 20.8 Å². The zero-order chi connectivity index (χ0) is 22.2. The molecule has 3 aromatic rings. The Morgan fingerprint density at radius 3 is 2.48 bits per heavy atom. The van der Waals surface area contributed by atoms with E-state index in [9.17, 15) is 9.59 Å². The van der Waals surface area contributed by atoms with Gasteiger partial charge in [-0.25, -0.2) is 0 Å². The van der Waals surface area contributed by atoms with Crippen molar-refractivity contribution in [2.24, 2.45) is 0 Å². The number of aryl methyl sites for hydroxylation is 2. The summed E-state index contributed by atoms with van der Waals surface area (Å²) in [4.78, 5) is 24.6. The number of carbonyl (C=O) groups excluding carboxylic acids is 2. The van der Waals surface area contributed by atoms with Crippen molar-refractivity contribution in [1.29, 1.82) is 0 Å². The first-order chi connectivity index (χ1) is 15.0. The predicted octanol–water partition coefficient (Wildman–Crippen LogP) is 4.22. The highest BCUT2D eigenvalue weighted by Crippen LogP contribution is 2.21. The van der Waals surface area contributed by atoms with Crippen LogP contribution in [0.5, 0.6) is 0 Å². The van der Waals surface area contributed by atoms with Crippen molar-refractivity contribution in [2.75, 3.05) is 16.4 Å². The van der Waals surface area contributed by atoms with Crippen LogP contribution >= 0.6 is 11.8 Å². The summed E-state index contributed by atoms with van der Waals surface area (Å²) < 4.78 is 1.95. The number of aromatic nitrogens is 3. The molecule has 162 valence electrons. The third kappa shape index (κ3) is 6.18. The Kier molecular flexibility index (Phi) is 7.83. The van der Waals surface area contributed by atoms with Crippen LogP contribution in [0.25, 0.3) is 0 Å². The first-order valence-corrected chi connectivity index (χ1v) is 11.2. The molecular formula is C23H27N5O2S. The number of anilines is 2. The lowest BCUT2D eigenvalue weighted by Crippen LogP contribution is -2.16. The maximum atomic E-state index is 12.4. The number of para-hydroxylation sites is 1. The normalized spacial score (nSPS) is 10.7. The molecule has 0 radical (unpaired) electrons. The van der Waals surface area contributed by atoms with Crippen molar-refractivity contribution in [2.45, 2.75) is 45.3 Å². The maximum absolute atomic E-state index is 12.4. The smallest absolute Gasteiger partial charge is 0.234 e. The summed E-state index contributed by atoms with van der Waals surface area (Å²) in [6.45, 7) is 6.68. The predicted molar refractivity (Wildman–Crippen MR) is 124 cm³/mol. The van der Waals surface area contributed by atoms with E-state index in [4.69, 9.17) is 0 Å². The standard InChI is InChI=1S/C23H27N5O2S/c1-4-28-20(13-14-21(29)24-18-10-6-5-7-11-18)26-27-23(28)31-15-22(30)25-19-12-8-9-16(2)17(19)3/h5-12H,4,13-15H2,1-3H3,(H,24,29)(H,25,30). The molecule has 1 heterocycles. The summed E-state index contributed by atoms with van der Waals surface area (Å²) in [5, 5.41) is 15.0. The van der Waals surface area contributed by atoms with Gasteiger partial charge in [0, 0.05) is 30.8 Å². The van der Waals surface area contributed by atoms with Gasteiger partial charge in [-0.1, -0.05) is 42.1 Å². The third-order valence-electron chi connectivity index (χ3n) is 4.95. The Morgan fingerprint density at radius 1 is 0.968 bits per heavy atom. The number of benzene rings is 2. The van der Waals surface area contributed by atoms with Crippen LogP contribution in [0.3, 0.4) is 0 Å². The van der Waals surface area contributed by atoms with E-state index in [0.29, 0.717) is 24.5 Å². The van der Waals surface area contributed by atoms with Gasteiger partial charge < -0.3 is 15.2 Å². The fraction of sp³-hybridized carbons (Fsp3) is 0.304. The fourth-order valence-electron chi connectivity index (χ4n) is 3.10. The minimum absolute atomic E-state index is 0.0704. The SMILES string of the molecule is CCn1c(CCC(=O)Nc2ccccc2)nnc1SCC(=O)Nc1cccc(C)c1C. The number of hydrogen-bond acceptors (Lipinski definition) is 5. The van der Waals surface area contributed by atoms with E-state index in [1.165, 1.54) is 11.8 Å². The van der Waals surface area contributed by atoms with Gasteiger partial charge in [0.05, 0.1) is 5.75 Å². The van der Waals surface area contributed by atoms with Gasteiger partial charge >= 0.3 is 0 Å². The highest BCUT2D eigenvalue weighted by atomic mass is 32.2. The van der Waals surface area contributed by atoms with Crippen LogP contribution in [-0.2, 0) is 22.6 Å². The lowest BCUT2D eigenvalue weighted by atomic mass is 10.1. The minimum Gasteiger partial charge on any atom is -0.326 e. The third-order valence-corrected chi connectivity index (χ3v) is 5.92. The Bertz CT molecular complexity index is 1050. The second-order valence-electron chi connectivity index (χ2n) is 7.14. The summed E-state index contributed by atoms with van der Waals surface area (Å²) in [6, 6.07) is 15.2. The molecule has 0 spiro atoms. The van der Waals surface area contributed by atoms with Gasteiger partial charge in [0.15, 0.2) is 5.16 Å². The molecule has 0 atom stereocenters. The number of nitrogens with one attached hydrogen (secondary N) is 2. The lowest BCUT2D eigenvalue weighted by molar-refractivity contribution is -0.116. The number of nitrogens with zero attached hydrogens (tertiary/aromatic N) is 3. The van der Waals surface area contributed by atoms with E-state index in [1.54, 1.807) is 0 Å². The molecule has 0 unspecified atom stereocenters. The number of amides is 2. The molecule has 0 aliphatic heterocycles. The number of carbonyl (C=O) groups is 2. The second-order valence-corrected chi connectivity index (χ2v) is 8.08. The summed E-state index contributed by atoms with van der Waals surface area (Å²) in [6.07, 6.45) is 0.791. The van der Waals surface area contributed by atoms with Gasteiger partial charge in [-0.3, -0.25) is 9.59 Å². The van der Waals surface area contributed by atoms with Gasteiger partial charge in [-0.2, -0.15) is 0 Å². The van der Waals surface area contributed by atoms with Crippen molar-refractivity contribution in [3.8, 4) is 0 Å². The first-order valence-electron chi connectivity index (χ1n) is 10.2. The van der Waals surface area contributed by atoms with Crippen LogP contribution < -0.4 is 10.6 Å². The van der Waals surface area contributed by atoms with Crippen molar-refractivity contribution in [3.05, 3.63) is 65.5 Å². The average molecular weight is 438 g/mol. The van der Waals surface area contributed by atoms with Crippen molar-refractivity contribution < 1.29 is 9.59 Å². The van der Waals surface area contributed by atoms with Gasteiger partial charge in [0.25, 0.3) is 0 Å². The van der Waals surface area contributed by atoms with Gasteiger partial charge in [-0.05, 0) is 50.1 Å². The van der Waals surface area contributed by atoms with Crippen molar-refractivity contribution in [3.63, 3.8) is 0 Å². The van der Waals surface area contributed by atoms with Crippen LogP contribution in [0.2, 0.25) is 0 Å². The number of hydrogen-bond donors (Lipinski definition) is 2. The molecule has 2 amide bonds. The quantitative estimate of drug-likeness (QED) is 0.490. The highest BCUT2D eigenvalue weighted by molar-refractivity contribution is 7.99. The van der Waals surface area contributed by atoms with Crippen molar-refractivity contribution >= 4 is 35.0 Å². The molecule has 7 nitrogen and oxygen atoms in total. The molecule has 8 heteroatoms. The van der Waals surface area contributed by atoms with Crippen LogP contribution in [-0.4, -0.2) is 32.3 Å². The molecule has 0 aliphatic rings. The molecular weight excluding hydrogens is 410 g/mol. The van der Waals surface area contributed by atoms with Crippen LogP contribution in [0.15, 0.2) is 53.7 Å². The largest absolute Gasteiger partial charge is 0.326 e. The molecule has 31 heavy (non-hydrogen) atoms. The molecule has 0 fully saturated rings. The van der Waals surface area contributed by atoms with Gasteiger partial charge in [0.2, 0.25) is 11.8 Å². The van der Waals surface area contributed by atoms with E-state index < -0.39 is 0 Å². The van der Waals surface area contributed by atoms with E-state index >= 15 is 0 Å². The molecule has 2 aromatic carbocycles. The molecule has 0 aliphatic carbocycles. The first kappa shape index (κ1) is 22.6. The average Bonchev–Trinajstić information content (AvgIpc) is 3.16. The number of rotatable bonds is 9. The molecule has 0 saturated heterocycles. The molecule has 2 N–H and O–H groups in total. The Labute approximate surface area is 186 Å². The minimum atomic E-state index is -0.0897. The summed E-state index contributed by atoms with van der Waals surface area (Å²) in [7, 11) is 0. The van der Waals surface area contributed by atoms with E-state index in [-0.39, 0.29) is 17.6 Å². The van der Waals surface area contributed by atoms with Gasteiger partial charge in [0.1, 0.15) is 5.82 Å². The Hall–Kier alpha value is -3.13. The van der Waals surface area contributed by atoms with Crippen LogP contribution in [0.1, 0.15) is 30.3 Å². The Balaban J connectivity index is 1.54. The summed E-state index contributed by atoms with van der Waals surface area (Å²) in [5.74, 6) is 0.815. The lowest BCUT2D eigenvalue weighted by Gasteiger charge is -2.10. The monoisotopic (exact) mass is 437 g/mol. The van der Waals surface area contributed by atoms with E-state index in [1.807, 2.05) is 73.9 Å². The van der Waals surface area contributed by atoms with Crippen molar-refractivity contribution in [1.82, 2.24) is 14.8 Å². The summed E-state index contributed by atoms with van der Waals surface area (Å²) in [5.41, 5.74) is 3.80. The van der Waals surface area contributed by atoms with Crippen LogP contribution in [0.4, 0.5) is 11.4 Å². The zero-order valence-corrected chi connectivity index (χ0v) is 18.8. The molecule has 0 saturated carbocycles. The van der Waals surface area contributed by atoms with Gasteiger partial charge in [-0.15, -0.1) is 10.2 Å². The van der Waals surface area contributed by atoms with Crippen LogP contribution in [0, 0.1) is 13.8 Å². The molecule has 0 bridgehead atoms. The second kappa shape index (κ2) is 10.8. The highest BCUT2D eigenvalue weighted by Gasteiger charge is 2.15. The Morgan fingerprint density at radius 2 is 1.74 bits per heavy atom. The fourth-order valence-corrected chi connectivity index (χ4v) is 3.92. The maximum Gasteiger partial charge on any atom is 0.234 e.